The van der Waals surface area contributed by atoms with Crippen molar-refractivity contribution in [2.24, 2.45) is 7.05 Å². The van der Waals surface area contributed by atoms with Gasteiger partial charge in [0, 0.05) is 40.0 Å². The van der Waals surface area contributed by atoms with E-state index in [9.17, 15) is 9.59 Å². The molecule has 5 aromatic rings. The molecule has 5 nitrogen and oxygen atoms in total. The summed E-state index contributed by atoms with van der Waals surface area (Å²) in [5, 5.41) is 1.86. The maximum absolute atomic E-state index is 13.0. The molecule has 0 aliphatic carbocycles. The van der Waals surface area contributed by atoms with E-state index in [2.05, 4.69) is 4.57 Å². The van der Waals surface area contributed by atoms with E-state index in [4.69, 9.17) is 9.47 Å². The molecule has 0 fully saturated rings. The average Bonchev–Trinajstić information content (AvgIpc) is 3.25. The molecule has 0 spiro atoms. The van der Waals surface area contributed by atoms with E-state index in [1.165, 1.54) is 0 Å². The van der Waals surface area contributed by atoms with Crippen molar-refractivity contribution in [2.75, 3.05) is 14.2 Å². The van der Waals surface area contributed by atoms with Crippen LogP contribution >= 0.6 is 0 Å². The maximum atomic E-state index is 13.0. The third-order valence-electron chi connectivity index (χ3n) is 6.66. The lowest BCUT2D eigenvalue weighted by Gasteiger charge is -2.01. The molecule has 38 heavy (non-hydrogen) atoms. The Labute approximate surface area is 221 Å². The number of aryl methyl sites for hydroxylation is 1. The van der Waals surface area contributed by atoms with E-state index >= 15 is 0 Å². The molecule has 0 saturated carbocycles. The quantitative estimate of drug-likeness (QED) is 0.167. The molecular formula is C33H27NO4. The molecule has 0 aliphatic rings. The second kappa shape index (κ2) is 10.6. The van der Waals surface area contributed by atoms with Crippen molar-refractivity contribution < 1.29 is 19.1 Å². The van der Waals surface area contributed by atoms with E-state index in [1.807, 2.05) is 92.0 Å². The molecule has 0 saturated heterocycles. The number of ketones is 2. The minimum absolute atomic E-state index is 0.0885. The van der Waals surface area contributed by atoms with Crippen LogP contribution in [0.4, 0.5) is 0 Å². The van der Waals surface area contributed by atoms with Gasteiger partial charge in [-0.25, -0.2) is 0 Å². The van der Waals surface area contributed by atoms with Crippen LogP contribution in [0.1, 0.15) is 31.8 Å². The highest BCUT2D eigenvalue weighted by atomic mass is 16.5. The summed E-state index contributed by atoms with van der Waals surface area (Å²) in [5.74, 6) is 1.36. The summed E-state index contributed by atoms with van der Waals surface area (Å²) in [7, 11) is 5.23. The highest BCUT2D eigenvalue weighted by Gasteiger charge is 2.13. The summed E-state index contributed by atoms with van der Waals surface area (Å²) in [6.45, 7) is 0. The van der Waals surface area contributed by atoms with Gasteiger partial charge in [0.25, 0.3) is 0 Å². The number of aromatic nitrogens is 1. The average molecular weight is 502 g/mol. The molecule has 0 bridgehead atoms. The highest BCUT2D eigenvalue weighted by molar-refractivity contribution is 6.16. The van der Waals surface area contributed by atoms with Gasteiger partial charge in [0.15, 0.2) is 11.6 Å². The highest BCUT2D eigenvalue weighted by Crippen LogP contribution is 2.30. The number of hydrogen-bond donors (Lipinski definition) is 0. The van der Waals surface area contributed by atoms with Gasteiger partial charge in [0.05, 0.1) is 14.2 Å². The monoisotopic (exact) mass is 501 g/mol. The number of methoxy groups -OCH3 is 2. The molecule has 4 aromatic carbocycles. The Balaban J connectivity index is 1.43. The van der Waals surface area contributed by atoms with Crippen molar-refractivity contribution >= 4 is 45.5 Å². The molecular weight excluding hydrogens is 474 g/mol. The molecule has 0 radical (unpaired) electrons. The largest absolute Gasteiger partial charge is 0.497 e. The minimum Gasteiger partial charge on any atom is -0.497 e. The van der Waals surface area contributed by atoms with Crippen LogP contribution in [0.2, 0.25) is 0 Å². The smallest absolute Gasteiger partial charge is 0.185 e. The summed E-state index contributed by atoms with van der Waals surface area (Å²) in [6, 6.07) is 26.4. The van der Waals surface area contributed by atoms with E-state index in [0.29, 0.717) is 11.1 Å². The van der Waals surface area contributed by atoms with Gasteiger partial charge in [-0.3, -0.25) is 9.59 Å². The van der Waals surface area contributed by atoms with Crippen LogP contribution < -0.4 is 9.47 Å². The SMILES string of the molecule is COc1ccc(/C=C/C(=O)c2ccc3c(c2)c2cc(C(=O)/C=C/c4ccc(OC)cc4)ccc2n3C)cc1. The van der Waals surface area contributed by atoms with Gasteiger partial charge < -0.3 is 14.0 Å². The van der Waals surface area contributed by atoms with E-state index in [-0.39, 0.29) is 11.6 Å². The first kappa shape index (κ1) is 24.8. The zero-order chi connectivity index (χ0) is 26.6. The molecule has 0 unspecified atom stereocenters. The van der Waals surface area contributed by atoms with Gasteiger partial charge in [-0.1, -0.05) is 36.4 Å². The number of rotatable bonds is 8. The van der Waals surface area contributed by atoms with E-state index in [0.717, 1.165) is 44.4 Å². The first-order valence-corrected chi connectivity index (χ1v) is 12.2. The van der Waals surface area contributed by atoms with Crippen molar-refractivity contribution in [1.29, 1.82) is 0 Å². The summed E-state index contributed by atoms with van der Waals surface area (Å²) in [4.78, 5) is 25.9. The Hall–Kier alpha value is -4.90. The lowest BCUT2D eigenvalue weighted by Crippen LogP contribution is -1.94. The normalized spacial score (nSPS) is 11.6. The van der Waals surface area contributed by atoms with E-state index in [1.54, 1.807) is 38.5 Å². The topological polar surface area (TPSA) is 57.5 Å². The number of ether oxygens (including phenoxy) is 2. The molecule has 0 atom stereocenters. The van der Waals surface area contributed by atoms with Gasteiger partial charge >= 0.3 is 0 Å². The number of allylic oxidation sites excluding steroid dienone is 2. The van der Waals surface area contributed by atoms with Crippen molar-refractivity contribution in [3.8, 4) is 11.5 Å². The van der Waals surface area contributed by atoms with Crippen LogP contribution in [0.25, 0.3) is 34.0 Å². The van der Waals surface area contributed by atoms with Gasteiger partial charge in [-0.05, 0) is 83.9 Å². The minimum atomic E-state index is -0.0885. The van der Waals surface area contributed by atoms with Crippen molar-refractivity contribution in [3.63, 3.8) is 0 Å². The number of fused-ring (bicyclic) bond motifs is 3. The fourth-order valence-corrected chi connectivity index (χ4v) is 4.49. The number of carbonyl (C=O) groups is 2. The van der Waals surface area contributed by atoms with Crippen LogP contribution in [0.15, 0.2) is 97.1 Å². The summed E-state index contributed by atoms with van der Waals surface area (Å²) in [5.41, 5.74) is 4.99. The number of benzene rings is 4. The van der Waals surface area contributed by atoms with Crippen molar-refractivity contribution in [3.05, 3.63) is 119 Å². The Kier molecular flexibility index (Phi) is 6.92. The number of carbonyl (C=O) groups excluding carboxylic acids is 2. The van der Waals surface area contributed by atoms with Crippen LogP contribution in [0.5, 0.6) is 11.5 Å². The zero-order valence-electron chi connectivity index (χ0n) is 21.5. The van der Waals surface area contributed by atoms with Gasteiger partial charge in [0.2, 0.25) is 0 Å². The van der Waals surface area contributed by atoms with Crippen molar-refractivity contribution in [2.45, 2.75) is 0 Å². The predicted molar refractivity (Wildman–Crippen MR) is 153 cm³/mol. The van der Waals surface area contributed by atoms with Gasteiger partial charge in [-0.15, -0.1) is 0 Å². The third-order valence-corrected chi connectivity index (χ3v) is 6.66. The molecule has 1 heterocycles. The second-order valence-electron chi connectivity index (χ2n) is 8.96. The van der Waals surface area contributed by atoms with Crippen LogP contribution in [-0.4, -0.2) is 30.4 Å². The third kappa shape index (κ3) is 5.00. The standard InChI is InChI=1S/C33H27NO4/c1-34-30-16-10-24(32(35)18-8-22-4-12-26(37-2)13-5-22)20-28(30)29-21-25(11-17-31(29)34)33(36)19-9-23-6-14-27(38-3)15-7-23/h4-21H,1-3H3/b18-8+,19-9+. The molecule has 0 aliphatic heterocycles. The summed E-state index contributed by atoms with van der Waals surface area (Å²) >= 11 is 0. The molecule has 0 amide bonds. The van der Waals surface area contributed by atoms with Gasteiger partial charge in [0.1, 0.15) is 11.5 Å². The molecule has 188 valence electrons. The molecule has 0 N–H and O–H groups in total. The number of nitrogens with zero attached hydrogens (tertiary/aromatic N) is 1. The summed E-state index contributed by atoms with van der Waals surface area (Å²) in [6.07, 6.45) is 6.74. The Morgan fingerprint density at radius 2 is 1.00 bits per heavy atom. The first-order valence-electron chi connectivity index (χ1n) is 12.2. The Bertz CT molecular complexity index is 1580. The van der Waals surface area contributed by atoms with Crippen LogP contribution in [0.3, 0.4) is 0 Å². The molecule has 5 heteroatoms. The predicted octanol–water partition coefficient (Wildman–Crippen LogP) is 7.14. The van der Waals surface area contributed by atoms with E-state index < -0.39 is 0 Å². The second-order valence-corrected chi connectivity index (χ2v) is 8.96. The zero-order valence-corrected chi connectivity index (χ0v) is 21.5. The molecule has 1 aromatic heterocycles. The van der Waals surface area contributed by atoms with Crippen molar-refractivity contribution in [1.82, 2.24) is 4.57 Å². The number of hydrogen-bond acceptors (Lipinski definition) is 4. The molecule has 5 rings (SSSR count). The fourth-order valence-electron chi connectivity index (χ4n) is 4.49. The van der Waals surface area contributed by atoms with Crippen LogP contribution in [-0.2, 0) is 7.05 Å². The fraction of sp³-hybridized carbons (Fsp3) is 0.0909. The Morgan fingerprint density at radius 3 is 1.37 bits per heavy atom. The van der Waals surface area contributed by atoms with Gasteiger partial charge in [-0.2, -0.15) is 0 Å². The first-order chi connectivity index (χ1) is 18.5. The Morgan fingerprint density at radius 1 is 0.605 bits per heavy atom. The lowest BCUT2D eigenvalue weighted by molar-refractivity contribution is 0.104. The maximum Gasteiger partial charge on any atom is 0.185 e. The van der Waals surface area contributed by atoms with Crippen LogP contribution in [0, 0.1) is 0 Å². The lowest BCUT2D eigenvalue weighted by atomic mass is 10.0. The summed E-state index contributed by atoms with van der Waals surface area (Å²) < 4.78 is 12.4.